The molecule has 1 atom stereocenters. The van der Waals surface area contributed by atoms with Gasteiger partial charge in [-0.2, -0.15) is 0 Å². The average Bonchev–Trinajstić information content (AvgIpc) is 3.02. The number of amides is 2. The van der Waals surface area contributed by atoms with Crippen LogP contribution < -0.4 is 15.0 Å². The number of nitrogens with one attached hydrogen (secondary N) is 1. The van der Waals surface area contributed by atoms with E-state index in [4.69, 9.17) is 16.3 Å². The van der Waals surface area contributed by atoms with E-state index in [1.165, 1.54) is 0 Å². The van der Waals surface area contributed by atoms with Crippen LogP contribution in [-0.4, -0.2) is 23.1 Å². The Balaban J connectivity index is 1.52. The molecule has 37 heavy (non-hydrogen) atoms. The zero-order chi connectivity index (χ0) is 25.9. The van der Waals surface area contributed by atoms with Gasteiger partial charge in [-0.25, -0.2) is 4.21 Å². The van der Waals surface area contributed by atoms with Gasteiger partial charge in [-0.1, -0.05) is 54.1 Å². The second-order valence-corrected chi connectivity index (χ2v) is 10.3. The van der Waals surface area contributed by atoms with E-state index in [2.05, 4.69) is 5.32 Å². The summed E-state index contributed by atoms with van der Waals surface area (Å²) in [4.78, 5) is 29.3. The number of para-hydroxylation sites is 1. The van der Waals surface area contributed by atoms with Gasteiger partial charge < -0.3 is 15.0 Å². The molecule has 0 aliphatic carbocycles. The van der Waals surface area contributed by atoms with Crippen LogP contribution in [0.3, 0.4) is 0 Å². The molecule has 1 N–H and O–H groups in total. The van der Waals surface area contributed by atoms with Crippen LogP contribution in [0.2, 0.25) is 5.02 Å². The molecule has 8 heteroatoms. The Bertz CT molecular complexity index is 1520. The molecule has 2 amide bonds. The first-order chi connectivity index (χ1) is 18.0. The number of methoxy groups -OCH3 is 1. The number of benzene rings is 4. The molecule has 1 aliphatic rings. The van der Waals surface area contributed by atoms with Gasteiger partial charge in [0.05, 0.1) is 45.5 Å². The summed E-state index contributed by atoms with van der Waals surface area (Å²) >= 11 is 6.05. The van der Waals surface area contributed by atoms with Gasteiger partial charge in [-0.05, 0) is 54.1 Å². The van der Waals surface area contributed by atoms with Crippen molar-refractivity contribution < 1.29 is 18.5 Å². The molecule has 0 radical (unpaired) electrons. The highest BCUT2D eigenvalue weighted by Crippen LogP contribution is 2.36. The molecular weight excluding hydrogens is 508 g/mol. The fourth-order valence-corrected chi connectivity index (χ4v) is 5.73. The van der Waals surface area contributed by atoms with Crippen LogP contribution in [-0.2, 0) is 23.9 Å². The topological polar surface area (TPSA) is 75.7 Å². The molecule has 4 aromatic carbocycles. The van der Waals surface area contributed by atoms with E-state index < -0.39 is 10.8 Å². The number of hydrogen-bond donors (Lipinski definition) is 1. The van der Waals surface area contributed by atoms with E-state index in [9.17, 15) is 13.8 Å². The lowest BCUT2D eigenvalue weighted by molar-refractivity contribution is 0.0947. The Kier molecular flexibility index (Phi) is 7.08. The number of nitrogens with zero attached hydrogens (tertiary/aromatic N) is 1. The van der Waals surface area contributed by atoms with Gasteiger partial charge >= 0.3 is 0 Å². The number of hydrogen-bond acceptors (Lipinski definition) is 4. The largest absolute Gasteiger partial charge is 0.496 e. The maximum absolute atomic E-state index is 13.7. The number of ether oxygens (including phenoxy) is 1. The van der Waals surface area contributed by atoms with Crippen molar-refractivity contribution in [3.63, 3.8) is 0 Å². The van der Waals surface area contributed by atoms with Crippen molar-refractivity contribution in [2.75, 3.05) is 12.0 Å². The van der Waals surface area contributed by atoms with E-state index >= 15 is 0 Å². The fourth-order valence-electron chi connectivity index (χ4n) is 4.26. The van der Waals surface area contributed by atoms with Crippen molar-refractivity contribution in [2.24, 2.45) is 0 Å². The van der Waals surface area contributed by atoms with Crippen molar-refractivity contribution in [2.45, 2.75) is 22.9 Å². The quantitative estimate of drug-likeness (QED) is 0.352. The lowest BCUT2D eigenvalue weighted by Gasteiger charge is -2.23. The van der Waals surface area contributed by atoms with Crippen LogP contribution in [0.4, 0.5) is 5.69 Å². The summed E-state index contributed by atoms with van der Waals surface area (Å²) in [5.41, 5.74) is 2.84. The van der Waals surface area contributed by atoms with Gasteiger partial charge in [0, 0.05) is 22.7 Å². The summed E-state index contributed by atoms with van der Waals surface area (Å²) in [5, 5.41) is 3.50. The molecule has 6 nitrogen and oxygen atoms in total. The molecule has 1 unspecified atom stereocenters. The first kappa shape index (κ1) is 24.7. The minimum Gasteiger partial charge on any atom is -0.496 e. The monoisotopic (exact) mass is 530 g/mol. The highest BCUT2D eigenvalue weighted by atomic mass is 35.5. The number of carbonyl (C=O) groups excluding carboxylic acids is 2. The molecule has 0 fully saturated rings. The van der Waals surface area contributed by atoms with Crippen LogP contribution in [0.5, 0.6) is 5.75 Å². The molecule has 186 valence electrons. The van der Waals surface area contributed by atoms with Crippen LogP contribution in [0, 0.1) is 0 Å². The summed E-state index contributed by atoms with van der Waals surface area (Å²) in [6.45, 7) is 0.492. The van der Waals surface area contributed by atoms with Gasteiger partial charge in [-0.3, -0.25) is 9.59 Å². The smallest absolute Gasteiger partial charge is 0.259 e. The van der Waals surface area contributed by atoms with E-state index in [0.29, 0.717) is 37.4 Å². The van der Waals surface area contributed by atoms with Crippen molar-refractivity contribution >= 4 is 39.9 Å². The summed E-state index contributed by atoms with van der Waals surface area (Å²) in [6, 6.07) is 26.5. The summed E-state index contributed by atoms with van der Waals surface area (Å²) in [7, 11) is -0.0207. The summed E-state index contributed by atoms with van der Waals surface area (Å²) < 4.78 is 18.9. The standard InChI is InChI=1S/C29H23ClN2O4S/c1-36-25-8-4-2-6-21(25)17-31-28(33)20-12-15-27-24(16-20)32(18-19-10-13-22(30)14-11-19)29(34)23-7-3-5-9-26(23)37(27)35/h2-16H,17-18H2,1H3,(H,31,33). The fraction of sp³-hybridized carbons (Fsp3) is 0.103. The predicted molar refractivity (Wildman–Crippen MR) is 144 cm³/mol. The molecule has 0 aromatic heterocycles. The number of halogens is 1. The molecular formula is C29H23ClN2O4S. The highest BCUT2D eigenvalue weighted by Gasteiger charge is 2.31. The van der Waals surface area contributed by atoms with Crippen LogP contribution in [0.25, 0.3) is 0 Å². The normalized spacial score (nSPS) is 14.4. The van der Waals surface area contributed by atoms with Gasteiger partial charge in [0.25, 0.3) is 11.8 Å². The van der Waals surface area contributed by atoms with Crippen molar-refractivity contribution in [1.29, 1.82) is 0 Å². The number of fused-ring (bicyclic) bond motifs is 2. The van der Waals surface area contributed by atoms with Crippen molar-refractivity contribution in [1.82, 2.24) is 5.32 Å². The summed E-state index contributed by atoms with van der Waals surface area (Å²) in [6.07, 6.45) is 0. The molecule has 0 bridgehead atoms. The molecule has 4 aromatic rings. The van der Waals surface area contributed by atoms with Crippen LogP contribution >= 0.6 is 11.6 Å². The molecule has 1 heterocycles. The lowest BCUT2D eigenvalue weighted by atomic mass is 10.1. The Labute approximate surface area is 222 Å². The maximum atomic E-state index is 13.7. The third kappa shape index (κ3) is 5.01. The second kappa shape index (κ2) is 10.6. The molecule has 0 saturated heterocycles. The molecule has 1 aliphatic heterocycles. The number of anilines is 1. The van der Waals surface area contributed by atoms with Crippen LogP contribution in [0.1, 0.15) is 31.8 Å². The number of carbonyl (C=O) groups is 2. The average molecular weight is 531 g/mol. The SMILES string of the molecule is COc1ccccc1CNC(=O)c1ccc2c(c1)N(Cc1ccc(Cl)cc1)C(=O)c1ccccc1S2=O. The Morgan fingerprint density at radius 3 is 2.46 bits per heavy atom. The zero-order valence-corrected chi connectivity index (χ0v) is 21.5. The third-order valence-electron chi connectivity index (χ3n) is 6.16. The number of rotatable bonds is 6. The maximum Gasteiger partial charge on any atom is 0.259 e. The lowest BCUT2D eigenvalue weighted by Crippen LogP contribution is -2.31. The molecule has 0 spiro atoms. The van der Waals surface area contributed by atoms with Gasteiger partial charge in [-0.15, -0.1) is 0 Å². The van der Waals surface area contributed by atoms with Crippen molar-refractivity contribution in [3.8, 4) is 5.75 Å². The minimum absolute atomic E-state index is 0.223. The van der Waals surface area contributed by atoms with E-state index in [1.807, 2.05) is 36.4 Å². The first-order valence-electron chi connectivity index (χ1n) is 11.6. The second-order valence-electron chi connectivity index (χ2n) is 8.46. The van der Waals surface area contributed by atoms with Crippen molar-refractivity contribution in [3.05, 3.63) is 118 Å². The minimum atomic E-state index is -1.60. The Morgan fingerprint density at radius 1 is 0.946 bits per heavy atom. The predicted octanol–water partition coefficient (Wildman–Crippen LogP) is 5.61. The Hall–Kier alpha value is -3.94. The third-order valence-corrected chi connectivity index (χ3v) is 7.91. The van der Waals surface area contributed by atoms with E-state index in [1.54, 1.807) is 66.6 Å². The van der Waals surface area contributed by atoms with Gasteiger partial charge in [0.2, 0.25) is 0 Å². The first-order valence-corrected chi connectivity index (χ1v) is 13.1. The zero-order valence-electron chi connectivity index (χ0n) is 19.9. The Morgan fingerprint density at radius 2 is 1.68 bits per heavy atom. The molecule has 5 rings (SSSR count). The van der Waals surface area contributed by atoms with Gasteiger partial charge in [0.1, 0.15) is 5.75 Å². The van der Waals surface area contributed by atoms with E-state index in [0.717, 1.165) is 11.1 Å². The van der Waals surface area contributed by atoms with E-state index in [-0.39, 0.29) is 24.9 Å². The summed E-state index contributed by atoms with van der Waals surface area (Å²) in [5.74, 6) is 0.0713. The van der Waals surface area contributed by atoms with Gasteiger partial charge in [0.15, 0.2) is 0 Å². The molecule has 0 saturated carbocycles. The van der Waals surface area contributed by atoms with Crippen LogP contribution in [0.15, 0.2) is 101 Å². The highest BCUT2D eigenvalue weighted by molar-refractivity contribution is 7.85.